The second-order valence-corrected chi connectivity index (χ2v) is 4.41. The average molecular weight is 237 g/mol. The molecule has 1 unspecified atom stereocenters. The van der Waals surface area contributed by atoms with E-state index in [0.717, 1.165) is 18.8 Å². The van der Waals surface area contributed by atoms with Gasteiger partial charge in [0.1, 0.15) is 12.5 Å². The molecular formula is C15H15N3. The Balaban J connectivity index is 1.63. The molecule has 18 heavy (non-hydrogen) atoms. The molecule has 0 spiro atoms. The highest BCUT2D eigenvalue weighted by atomic mass is 15.8. The smallest absolute Gasteiger partial charge is 0.144 e. The zero-order valence-electron chi connectivity index (χ0n) is 10.1. The summed E-state index contributed by atoms with van der Waals surface area (Å²) in [5, 5.41) is 12.3. The second kappa shape index (κ2) is 4.63. The molecule has 0 bridgehead atoms. The van der Waals surface area contributed by atoms with Gasteiger partial charge in [-0.25, -0.2) is 0 Å². The molecule has 1 atom stereocenters. The van der Waals surface area contributed by atoms with Crippen LogP contribution < -0.4 is 0 Å². The molecule has 1 N–H and O–H groups in total. The monoisotopic (exact) mass is 237 g/mol. The number of nitrogens with zero attached hydrogens (tertiary/aromatic N) is 2. The summed E-state index contributed by atoms with van der Waals surface area (Å²) >= 11 is 0. The number of hydrogen-bond acceptors (Lipinski definition) is 2. The molecule has 1 fully saturated rings. The van der Waals surface area contributed by atoms with Crippen LogP contribution in [0.2, 0.25) is 0 Å². The van der Waals surface area contributed by atoms with Crippen molar-refractivity contribution in [3.05, 3.63) is 71.8 Å². The maximum absolute atomic E-state index is 8.13. The van der Waals surface area contributed by atoms with Crippen LogP contribution in [0, 0.1) is 5.41 Å². The third-order valence-electron chi connectivity index (χ3n) is 3.07. The minimum absolute atomic E-state index is 0.575. The molecule has 1 heterocycles. The molecule has 90 valence electrons. The van der Waals surface area contributed by atoms with E-state index in [2.05, 4.69) is 17.1 Å². The van der Waals surface area contributed by atoms with Gasteiger partial charge in [-0.15, -0.1) is 0 Å². The van der Waals surface area contributed by atoms with Crippen molar-refractivity contribution >= 4 is 5.84 Å². The van der Waals surface area contributed by atoms with E-state index in [1.165, 1.54) is 5.56 Å². The van der Waals surface area contributed by atoms with Crippen molar-refractivity contribution in [2.75, 3.05) is 6.67 Å². The first-order valence-electron chi connectivity index (χ1n) is 6.05. The number of amidine groups is 1. The van der Waals surface area contributed by atoms with E-state index in [0.29, 0.717) is 5.84 Å². The Morgan fingerprint density at radius 1 is 0.944 bits per heavy atom. The standard InChI is InChI=1S/C15H15N3/c16-15(14-9-5-2-6-10-14)18-12-17(18)11-13-7-3-1-4-8-13/h1-10,16H,11-12H2. The Labute approximate surface area is 107 Å². The SMILES string of the molecule is N=C(c1ccccc1)N1CN1Cc1ccccc1. The molecule has 3 rings (SSSR count). The fourth-order valence-electron chi connectivity index (χ4n) is 2.01. The van der Waals surface area contributed by atoms with Crippen LogP contribution in [0.25, 0.3) is 0 Å². The van der Waals surface area contributed by atoms with Gasteiger partial charge < -0.3 is 0 Å². The molecule has 1 aliphatic rings. The first-order valence-corrected chi connectivity index (χ1v) is 6.05. The molecule has 0 radical (unpaired) electrons. The van der Waals surface area contributed by atoms with Crippen molar-refractivity contribution in [3.63, 3.8) is 0 Å². The largest absolute Gasteiger partial charge is 0.283 e. The summed E-state index contributed by atoms with van der Waals surface area (Å²) in [5.74, 6) is 0.575. The lowest BCUT2D eigenvalue weighted by molar-refractivity contribution is 0.396. The normalized spacial score (nSPS) is 17.6. The molecule has 0 saturated carbocycles. The Hall–Kier alpha value is -2.13. The van der Waals surface area contributed by atoms with E-state index in [4.69, 9.17) is 5.41 Å². The van der Waals surface area contributed by atoms with Gasteiger partial charge in [0.2, 0.25) is 0 Å². The Morgan fingerprint density at radius 2 is 1.56 bits per heavy atom. The molecule has 3 nitrogen and oxygen atoms in total. The Bertz CT molecular complexity index is 536. The summed E-state index contributed by atoms with van der Waals surface area (Å²) < 4.78 is 0. The van der Waals surface area contributed by atoms with Crippen molar-refractivity contribution in [2.45, 2.75) is 6.54 Å². The van der Waals surface area contributed by atoms with Crippen LogP contribution in [0.15, 0.2) is 60.7 Å². The Morgan fingerprint density at radius 3 is 2.22 bits per heavy atom. The Kier molecular flexibility index (Phi) is 2.82. The van der Waals surface area contributed by atoms with Gasteiger partial charge in [-0.05, 0) is 5.56 Å². The predicted octanol–water partition coefficient (Wildman–Crippen LogP) is 2.70. The predicted molar refractivity (Wildman–Crippen MR) is 72.0 cm³/mol. The third-order valence-corrected chi connectivity index (χ3v) is 3.07. The van der Waals surface area contributed by atoms with Crippen LogP contribution in [0.1, 0.15) is 11.1 Å². The van der Waals surface area contributed by atoms with Crippen molar-refractivity contribution in [1.29, 1.82) is 5.41 Å². The van der Waals surface area contributed by atoms with Gasteiger partial charge in [0.15, 0.2) is 0 Å². The lowest BCUT2D eigenvalue weighted by Gasteiger charge is -2.08. The molecule has 3 heteroatoms. The van der Waals surface area contributed by atoms with Crippen LogP contribution in [0.5, 0.6) is 0 Å². The fraction of sp³-hybridized carbons (Fsp3) is 0.133. The molecule has 1 aliphatic heterocycles. The lowest BCUT2D eigenvalue weighted by Crippen LogP contribution is -2.16. The van der Waals surface area contributed by atoms with Gasteiger partial charge in [-0.1, -0.05) is 60.7 Å². The summed E-state index contributed by atoms with van der Waals surface area (Å²) in [5.41, 5.74) is 2.24. The summed E-state index contributed by atoms with van der Waals surface area (Å²) in [7, 11) is 0. The zero-order chi connectivity index (χ0) is 12.4. The summed E-state index contributed by atoms with van der Waals surface area (Å²) in [6.07, 6.45) is 0. The number of rotatable bonds is 3. The summed E-state index contributed by atoms with van der Waals surface area (Å²) in [6, 6.07) is 20.2. The molecule has 2 aromatic carbocycles. The first kappa shape index (κ1) is 11.0. The van der Waals surface area contributed by atoms with E-state index in [1.807, 2.05) is 53.5 Å². The van der Waals surface area contributed by atoms with Crippen molar-refractivity contribution < 1.29 is 0 Å². The lowest BCUT2D eigenvalue weighted by atomic mass is 10.2. The molecule has 2 aromatic rings. The van der Waals surface area contributed by atoms with Gasteiger partial charge >= 0.3 is 0 Å². The number of nitrogens with one attached hydrogen (secondary N) is 1. The molecule has 1 saturated heterocycles. The molecule has 0 aromatic heterocycles. The van der Waals surface area contributed by atoms with Crippen molar-refractivity contribution in [3.8, 4) is 0 Å². The van der Waals surface area contributed by atoms with Gasteiger partial charge in [-0.3, -0.25) is 10.4 Å². The highest BCUT2D eigenvalue weighted by molar-refractivity contribution is 5.96. The molecular weight excluding hydrogens is 222 g/mol. The fourth-order valence-corrected chi connectivity index (χ4v) is 2.01. The zero-order valence-corrected chi connectivity index (χ0v) is 10.1. The molecule has 0 amide bonds. The maximum atomic E-state index is 8.13. The van der Waals surface area contributed by atoms with Crippen LogP contribution in [-0.4, -0.2) is 22.5 Å². The van der Waals surface area contributed by atoms with Gasteiger partial charge in [0, 0.05) is 12.1 Å². The minimum atomic E-state index is 0.575. The number of benzene rings is 2. The van der Waals surface area contributed by atoms with Gasteiger partial charge in [0.25, 0.3) is 0 Å². The van der Waals surface area contributed by atoms with Crippen molar-refractivity contribution in [1.82, 2.24) is 10.0 Å². The van der Waals surface area contributed by atoms with Crippen molar-refractivity contribution in [2.24, 2.45) is 0 Å². The van der Waals surface area contributed by atoms with Crippen LogP contribution in [0.4, 0.5) is 0 Å². The minimum Gasteiger partial charge on any atom is -0.283 e. The molecule has 0 aliphatic carbocycles. The third kappa shape index (κ3) is 2.26. The van der Waals surface area contributed by atoms with Gasteiger partial charge in [0.05, 0.1) is 0 Å². The first-order chi connectivity index (χ1) is 8.84. The van der Waals surface area contributed by atoms with E-state index < -0.39 is 0 Å². The number of hydrogen-bond donors (Lipinski definition) is 1. The quantitative estimate of drug-likeness (QED) is 0.505. The van der Waals surface area contributed by atoms with Crippen LogP contribution in [-0.2, 0) is 6.54 Å². The van der Waals surface area contributed by atoms with Gasteiger partial charge in [-0.2, -0.15) is 5.01 Å². The van der Waals surface area contributed by atoms with Crippen LogP contribution in [0.3, 0.4) is 0 Å². The average Bonchev–Trinajstić information content (AvgIpc) is 3.19. The van der Waals surface area contributed by atoms with E-state index in [1.54, 1.807) is 0 Å². The summed E-state index contributed by atoms with van der Waals surface area (Å²) in [4.78, 5) is 0. The highest BCUT2D eigenvalue weighted by Crippen LogP contribution is 2.22. The maximum Gasteiger partial charge on any atom is 0.144 e. The van der Waals surface area contributed by atoms with E-state index >= 15 is 0 Å². The van der Waals surface area contributed by atoms with Crippen LogP contribution >= 0.6 is 0 Å². The second-order valence-electron chi connectivity index (χ2n) is 4.41. The number of hydrazine groups is 1. The van der Waals surface area contributed by atoms with E-state index in [9.17, 15) is 0 Å². The van der Waals surface area contributed by atoms with E-state index in [-0.39, 0.29) is 0 Å². The summed E-state index contributed by atoms with van der Waals surface area (Å²) in [6.45, 7) is 1.71. The topological polar surface area (TPSA) is 29.9 Å². The highest BCUT2D eigenvalue weighted by Gasteiger charge is 2.33.